The Balaban J connectivity index is 0.00000256. The SMILES string of the molecule is CCOC(=O)C1CCCCC1[N+](C)(C)C=N.Cl. The molecule has 0 bridgehead atoms. The number of rotatable bonds is 4. The summed E-state index contributed by atoms with van der Waals surface area (Å²) in [6, 6.07) is 0.199. The molecule has 1 N–H and O–H groups in total. The van der Waals surface area contributed by atoms with Gasteiger partial charge in [-0.2, -0.15) is 0 Å². The highest BCUT2D eigenvalue weighted by Crippen LogP contribution is 2.31. The number of ether oxygens (including phenoxy) is 1. The minimum atomic E-state index is -0.0831. The molecule has 1 rings (SSSR count). The normalized spacial score (nSPS) is 24.6. The highest BCUT2D eigenvalue weighted by atomic mass is 35.5. The molecule has 17 heavy (non-hydrogen) atoms. The average Bonchev–Trinajstić information content (AvgIpc) is 2.29. The van der Waals surface area contributed by atoms with Crippen molar-refractivity contribution in [3.63, 3.8) is 0 Å². The van der Waals surface area contributed by atoms with Gasteiger partial charge in [0.2, 0.25) is 0 Å². The third kappa shape index (κ3) is 3.96. The second-order valence-corrected chi connectivity index (χ2v) is 4.97. The largest absolute Gasteiger partial charge is 0.466 e. The first-order chi connectivity index (χ1) is 7.53. The summed E-state index contributed by atoms with van der Waals surface area (Å²) in [7, 11) is 3.96. The maximum absolute atomic E-state index is 11.9. The lowest BCUT2D eigenvalue weighted by molar-refractivity contribution is -0.826. The first-order valence-corrected chi connectivity index (χ1v) is 6.04. The molecule has 0 amide bonds. The van der Waals surface area contributed by atoms with E-state index in [1.165, 1.54) is 6.34 Å². The van der Waals surface area contributed by atoms with Crippen LogP contribution in [0.15, 0.2) is 0 Å². The van der Waals surface area contributed by atoms with Gasteiger partial charge in [-0.25, -0.2) is 0 Å². The van der Waals surface area contributed by atoms with Crippen molar-refractivity contribution in [2.24, 2.45) is 5.92 Å². The Morgan fingerprint density at radius 1 is 1.41 bits per heavy atom. The van der Waals surface area contributed by atoms with Gasteiger partial charge in [-0.1, -0.05) is 6.42 Å². The number of esters is 1. The first kappa shape index (κ1) is 16.4. The summed E-state index contributed by atoms with van der Waals surface area (Å²) >= 11 is 0. The zero-order valence-electron chi connectivity index (χ0n) is 10.9. The van der Waals surface area contributed by atoms with Gasteiger partial charge in [0.1, 0.15) is 12.0 Å². The number of quaternary nitrogens is 1. The second-order valence-electron chi connectivity index (χ2n) is 4.97. The van der Waals surface area contributed by atoms with Crippen molar-refractivity contribution in [1.29, 1.82) is 5.41 Å². The lowest BCUT2D eigenvalue weighted by Crippen LogP contribution is -2.54. The van der Waals surface area contributed by atoms with Crippen LogP contribution in [-0.2, 0) is 9.53 Å². The molecule has 0 spiro atoms. The molecule has 0 saturated heterocycles. The number of hydrogen-bond donors (Lipinski definition) is 1. The van der Waals surface area contributed by atoms with Crippen molar-refractivity contribution in [1.82, 2.24) is 0 Å². The highest BCUT2D eigenvalue weighted by molar-refractivity contribution is 5.85. The Hall–Kier alpha value is -0.610. The number of carbonyl (C=O) groups is 1. The smallest absolute Gasteiger partial charge is 0.314 e. The quantitative estimate of drug-likeness (QED) is 0.366. The zero-order chi connectivity index (χ0) is 12.2. The van der Waals surface area contributed by atoms with Crippen LogP contribution in [-0.4, -0.2) is 43.5 Å². The molecule has 100 valence electrons. The summed E-state index contributed by atoms with van der Waals surface area (Å²) in [4.78, 5) is 11.9. The molecule has 1 aliphatic carbocycles. The summed E-state index contributed by atoms with van der Waals surface area (Å²) in [6.07, 6.45) is 5.57. The molecule has 0 aromatic heterocycles. The standard InChI is InChI=1S/C12H23N2O2.ClH/c1-4-16-12(15)10-7-5-6-8-11(10)14(2,3)9-13;/h9-11,13H,4-8H2,1-3H3;1H/q+1;. The van der Waals surface area contributed by atoms with Gasteiger partial charge in [0.05, 0.1) is 20.7 Å². The molecule has 0 aromatic carbocycles. The number of carbonyl (C=O) groups excluding carboxylic acids is 1. The maximum atomic E-state index is 11.9. The van der Waals surface area contributed by atoms with E-state index in [-0.39, 0.29) is 30.3 Å². The molecule has 4 nitrogen and oxygen atoms in total. The predicted molar refractivity (Wildman–Crippen MR) is 70.5 cm³/mol. The van der Waals surface area contributed by atoms with Crippen LogP contribution in [0.5, 0.6) is 0 Å². The zero-order valence-corrected chi connectivity index (χ0v) is 11.8. The van der Waals surface area contributed by atoms with E-state index >= 15 is 0 Å². The molecule has 2 atom stereocenters. The van der Waals surface area contributed by atoms with E-state index in [2.05, 4.69) is 0 Å². The van der Waals surface area contributed by atoms with Crippen molar-refractivity contribution in [3.05, 3.63) is 0 Å². The van der Waals surface area contributed by atoms with Crippen molar-refractivity contribution >= 4 is 24.7 Å². The average molecular weight is 264 g/mol. The Bertz CT molecular complexity index is 269. The van der Waals surface area contributed by atoms with E-state index in [0.717, 1.165) is 25.7 Å². The van der Waals surface area contributed by atoms with Gasteiger partial charge in [0.15, 0.2) is 6.34 Å². The van der Waals surface area contributed by atoms with Crippen molar-refractivity contribution < 1.29 is 14.0 Å². The Morgan fingerprint density at radius 2 is 2.00 bits per heavy atom. The van der Waals surface area contributed by atoms with E-state index in [0.29, 0.717) is 11.1 Å². The van der Waals surface area contributed by atoms with E-state index < -0.39 is 0 Å². The molecule has 1 saturated carbocycles. The summed E-state index contributed by atoms with van der Waals surface area (Å²) in [5.41, 5.74) is 0. The van der Waals surface area contributed by atoms with Gasteiger partial charge in [0, 0.05) is 6.42 Å². The molecule has 0 radical (unpaired) electrons. The minimum absolute atomic E-state index is 0. The number of nitrogens with zero attached hydrogens (tertiary/aromatic N) is 1. The van der Waals surface area contributed by atoms with E-state index in [4.69, 9.17) is 10.1 Å². The Morgan fingerprint density at radius 3 is 2.53 bits per heavy atom. The van der Waals surface area contributed by atoms with Crippen molar-refractivity contribution in [2.75, 3.05) is 20.7 Å². The topological polar surface area (TPSA) is 50.2 Å². The van der Waals surface area contributed by atoms with Crippen molar-refractivity contribution in [3.8, 4) is 0 Å². The van der Waals surface area contributed by atoms with E-state index in [9.17, 15) is 4.79 Å². The van der Waals surface area contributed by atoms with Crippen LogP contribution in [0.1, 0.15) is 32.6 Å². The highest BCUT2D eigenvalue weighted by Gasteiger charge is 2.41. The van der Waals surface area contributed by atoms with Gasteiger partial charge in [-0.3, -0.25) is 14.7 Å². The molecule has 0 aliphatic heterocycles. The molecule has 1 fully saturated rings. The van der Waals surface area contributed by atoms with Crippen LogP contribution >= 0.6 is 12.4 Å². The number of halogens is 1. The van der Waals surface area contributed by atoms with Gasteiger partial charge in [0.25, 0.3) is 0 Å². The fraction of sp³-hybridized carbons (Fsp3) is 0.833. The van der Waals surface area contributed by atoms with Crippen LogP contribution < -0.4 is 0 Å². The lowest BCUT2D eigenvalue weighted by Gasteiger charge is -2.39. The minimum Gasteiger partial charge on any atom is -0.466 e. The molecule has 0 heterocycles. The van der Waals surface area contributed by atoms with Crippen LogP contribution in [0.25, 0.3) is 0 Å². The summed E-state index contributed by atoms with van der Waals surface area (Å²) in [5.74, 6) is -0.120. The molecule has 0 aromatic rings. The van der Waals surface area contributed by atoms with Crippen LogP contribution in [0.3, 0.4) is 0 Å². The second kappa shape index (κ2) is 6.97. The Labute approximate surface area is 110 Å². The summed E-state index contributed by atoms with van der Waals surface area (Å²) in [6.45, 7) is 2.28. The fourth-order valence-corrected chi connectivity index (χ4v) is 2.53. The summed E-state index contributed by atoms with van der Waals surface area (Å²) < 4.78 is 5.60. The van der Waals surface area contributed by atoms with Gasteiger partial charge < -0.3 is 4.74 Å². The monoisotopic (exact) mass is 263 g/mol. The molecule has 1 aliphatic rings. The lowest BCUT2D eigenvalue weighted by atomic mass is 9.83. The Kier molecular flexibility index (Phi) is 6.72. The number of hydrogen-bond acceptors (Lipinski definition) is 3. The first-order valence-electron chi connectivity index (χ1n) is 6.04. The third-order valence-corrected chi connectivity index (χ3v) is 3.51. The summed E-state index contributed by atoms with van der Waals surface area (Å²) in [5, 5.41) is 7.47. The molecular formula is C12H24ClN2O2+. The third-order valence-electron chi connectivity index (χ3n) is 3.51. The van der Waals surface area contributed by atoms with E-state index in [1.54, 1.807) is 0 Å². The molecular weight excluding hydrogens is 240 g/mol. The van der Waals surface area contributed by atoms with E-state index in [1.807, 2.05) is 21.0 Å². The number of nitrogens with one attached hydrogen (secondary N) is 1. The van der Waals surface area contributed by atoms with Gasteiger partial charge >= 0.3 is 5.97 Å². The maximum Gasteiger partial charge on any atom is 0.314 e. The van der Waals surface area contributed by atoms with Crippen molar-refractivity contribution in [2.45, 2.75) is 38.6 Å². The molecule has 5 heteroatoms. The predicted octanol–water partition coefficient (Wildman–Crippen LogP) is 2.21. The fourth-order valence-electron chi connectivity index (χ4n) is 2.53. The van der Waals surface area contributed by atoms with Gasteiger partial charge in [-0.05, 0) is 19.8 Å². The van der Waals surface area contributed by atoms with Gasteiger partial charge in [-0.15, -0.1) is 12.4 Å². The van der Waals surface area contributed by atoms with Crippen LogP contribution in [0.4, 0.5) is 0 Å². The van der Waals surface area contributed by atoms with Crippen LogP contribution in [0.2, 0.25) is 0 Å². The van der Waals surface area contributed by atoms with Crippen LogP contribution in [0, 0.1) is 11.3 Å². The molecule has 2 unspecified atom stereocenters.